The molecule has 3 N–H and O–H groups in total. The number of aromatic amines is 1. The zero-order valence-corrected chi connectivity index (χ0v) is 10.4. The molecule has 1 aromatic carbocycles. The fourth-order valence-corrected chi connectivity index (χ4v) is 2.46. The number of ether oxygens (including phenoxy) is 1. The SMILES string of the molecule is NC(=O)Oc1ccc2c(c1)CCN2Cc1ccc[nH]1. The Hall–Kier alpha value is -2.43. The van der Waals surface area contributed by atoms with Crippen LogP contribution >= 0.6 is 0 Å². The van der Waals surface area contributed by atoms with E-state index in [0.29, 0.717) is 5.75 Å². The first-order chi connectivity index (χ1) is 9.22. The molecule has 1 aliphatic rings. The molecule has 0 spiro atoms. The Balaban J connectivity index is 1.79. The molecule has 1 aliphatic heterocycles. The average molecular weight is 257 g/mol. The summed E-state index contributed by atoms with van der Waals surface area (Å²) in [6.07, 6.45) is 2.10. The lowest BCUT2D eigenvalue weighted by molar-refractivity contribution is 0.211. The van der Waals surface area contributed by atoms with Gasteiger partial charge < -0.3 is 20.4 Å². The summed E-state index contributed by atoms with van der Waals surface area (Å²) < 4.78 is 4.89. The lowest BCUT2D eigenvalue weighted by Gasteiger charge is -2.18. The number of nitrogens with two attached hydrogens (primary N) is 1. The number of carbonyl (C=O) groups excluding carboxylic acids is 1. The average Bonchev–Trinajstić information content (AvgIpc) is 2.99. The number of nitrogens with one attached hydrogen (secondary N) is 1. The normalized spacial score (nSPS) is 13.4. The van der Waals surface area contributed by atoms with Crippen LogP contribution in [0.3, 0.4) is 0 Å². The van der Waals surface area contributed by atoms with Gasteiger partial charge in [-0.15, -0.1) is 0 Å². The summed E-state index contributed by atoms with van der Waals surface area (Å²) in [4.78, 5) is 16.2. The fourth-order valence-electron chi connectivity index (χ4n) is 2.46. The third kappa shape index (κ3) is 2.40. The molecule has 0 bridgehead atoms. The third-order valence-electron chi connectivity index (χ3n) is 3.28. The predicted octanol–water partition coefficient (Wildman–Crippen LogP) is 2.03. The molecule has 0 fully saturated rings. The lowest BCUT2D eigenvalue weighted by atomic mass is 10.1. The largest absolute Gasteiger partial charge is 0.410 e. The number of carbonyl (C=O) groups is 1. The number of fused-ring (bicyclic) bond motifs is 1. The number of primary amides is 1. The van der Waals surface area contributed by atoms with Gasteiger partial charge in [-0.25, -0.2) is 4.79 Å². The minimum atomic E-state index is -0.777. The van der Waals surface area contributed by atoms with E-state index in [-0.39, 0.29) is 0 Å². The Labute approximate surface area is 111 Å². The maximum atomic E-state index is 10.7. The fraction of sp³-hybridized carbons (Fsp3) is 0.214. The molecule has 2 aromatic rings. The second kappa shape index (κ2) is 4.68. The molecule has 0 unspecified atom stereocenters. The summed E-state index contributed by atoms with van der Waals surface area (Å²) in [5, 5.41) is 0. The Kier molecular flexibility index (Phi) is 2.87. The molecule has 0 atom stereocenters. The highest BCUT2D eigenvalue weighted by atomic mass is 16.5. The molecule has 19 heavy (non-hydrogen) atoms. The number of amides is 1. The van der Waals surface area contributed by atoms with Gasteiger partial charge in [0.1, 0.15) is 5.75 Å². The van der Waals surface area contributed by atoms with E-state index in [0.717, 1.165) is 19.5 Å². The summed E-state index contributed by atoms with van der Waals surface area (Å²) in [7, 11) is 0. The number of hydrogen-bond acceptors (Lipinski definition) is 3. The van der Waals surface area contributed by atoms with Gasteiger partial charge in [0.25, 0.3) is 0 Å². The first-order valence-electron chi connectivity index (χ1n) is 6.20. The smallest absolute Gasteiger partial charge is 0.409 e. The minimum absolute atomic E-state index is 0.507. The molecule has 3 rings (SSSR count). The van der Waals surface area contributed by atoms with Crippen LogP contribution in [0.25, 0.3) is 0 Å². The number of H-pyrrole nitrogens is 1. The molecule has 0 radical (unpaired) electrons. The minimum Gasteiger partial charge on any atom is -0.410 e. The zero-order valence-electron chi connectivity index (χ0n) is 10.4. The Morgan fingerprint density at radius 2 is 2.32 bits per heavy atom. The second-order valence-corrected chi connectivity index (χ2v) is 4.58. The van der Waals surface area contributed by atoms with Gasteiger partial charge in [-0.2, -0.15) is 0 Å². The molecule has 1 amide bonds. The van der Waals surface area contributed by atoms with E-state index >= 15 is 0 Å². The Morgan fingerprint density at radius 1 is 1.42 bits per heavy atom. The van der Waals surface area contributed by atoms with E-state index in [1.165, 1.54) is 16.9 Å². The van der Waals surface area contributed by atoms with Crippen molar-refractivity contribution >= 4 is 11.8 Å². The van der Waals surface area contributed by atoms with Crippen molar-refractivity contribution in [3.63, 3.8) is 0 Å². The van der Waals surface area contributed by atoms with Gasteiger partial charge in [0, 0.05) is 24.1 Å². The highest BCUT2D eigenvalue weighted by Crippen LogP contribution is 2.32. The Morgan fingerprint density at radius 3 is 3.05 bits per heavy atom. The maximum Gasteiger partial charge on any atom is 0.409 e. The number of hydrogen-bond donors (Lipinski definition) is 2. The van der Waals surface area contributed by atoms with Crippen molar-refractivity contribution < 1.29 is 9.53 Å². The summed E-state index contributed by atoms with van der Waals surface area (Å²) in [6, 6.07) is 9.70. The van der Waals surface area contributed by atoms with Crippen LogP contribution in [0, 0.1) is 0 Å². The molecular weight excluding hydrogens is 242 g/mol. The first kappa shape index (κ1) is 11.6. The van der Waals surface area contributed by atoms with Crippen molar-refractivity contribution in [2.24, 2.45) is 5.73 Å². The van der Waals surface area contributed by atoms with Crippen LogP contribution in [0.15, 0.2) is 36.5 Å². The summed E-state index contributed by atoms with van der Waals surface area (Å²) in [5.41, 5.74) is 8.57. The number of anilines is 1. The monoisotopic (exact) mass is 257 g/mol. The maximum absolute atomic E-state index is 10.7. The molecule has 1 aromatic heterocycles. The Bertz CT molecular complexity index is 593. The van der Waals surface area contributed by atoms with Gasteiger partial charge in [-0.3, -0.25) is 0 Å². The molecular formula is C14H15N3O2. The van der Waals surface area contributed by atoms with E-state index in [1.807, 2.05) is 24.4 Å². The third-order valence-corrected chi connectivity index (χ3v) is 3.28. The van der Waals surface area contributed by atoms with Crippen LogP contribution in [0.1, 0.15) is 11.3 Å². The molecule has 5 heteroatoms. The van der Waals surface area contributed by atoms with Crippen LogP contribution in [0.2, 0.25) is 0 Å². The molecule has 2 heterocycles. The van der Waals surface area contributed by atoms with Gasteiger partial charge in [0.05, 0.1) is 6.54 Å². The molecule has 0 saturated heterocycles. The molecule has 0 aliphatic carbocycles. The van der Waals surface area contributed by atoms with E-state index in [1.54, 1.807) is 6.07 Å². The van der Waals surface area contributed by atoms with Crippen molar-refractivity contribution in [2.75, 3.05) is 11.4 Å². The highest BCUT2D eigenvalue weighted by molar-refractivity contribution is 5.69. The number of aromatic nitrogens is 1. The van der Waals surface area contributed by atoms with Gasteiger partial charge in [-0.05, 0) is 42.3 Å². The van der Waals surface area contributed by atoms with Crippen molar-refractivity contribution in [1.82, 2.24) is 4.98 Å². The van der Waals surface area contributed by atoms with Gasteiger partial charge in [0.15, 0.2) is 0 Å². The lowest BCUT2D eigenvalue weighted by Crippen LogP contribution is -2.19. The number of rotatable bonds is 3. The van der Waals surface area contributed by atoms with E-state index in [9.17, 15) is 4.79 Å². The second-order valence-electron chi connectivity index (χ2n) is 4.58. The topological polar surface area (TPSA) is 71.4 Å². The molecule has 0 saturated carbocycles. The number of nitrogens with zero attached hydrogens (tertiary/aromatic N) is 1. The van der Waals surface area contributed by atoms with E-state index in [2.05, 4.69) is 16.0 Å². The summed E-state index contributed by atoms with van der Waals surface area (Å²) in [6.45, 7) is 1.82. The van der Waals surface area contributed by atoms with Crippen LogP contribution in [-0.4, -0.2) is 17.6 Å². The van der Waals surface area contributed by atoms with Gasteiger partial charge in [0.2, 0.25) is 0 Å². The number of benzene rings is 1. The van der Waals surface area contributed by atoms with Crippen molar-refractivity contribution in [1.29, 1.82) is 0 Å². The first-order valence-corrected chi connectivity index (χ1v) is 6.20. The van der Waals surface area contributed by atoms with Gasteiger partial charge >= 0.3 is 6.09 Å². The van der Waals surface area contributed by atoms with Crippen LogP contribution < -0.4 is 15.4 Å². The predicted molar refractivity (Wildman–Crippen MR) is 72.2 cm³/mol. The summed E-state index contributed by atoms with van der Waals surface area (Å²) in [5.74, 6) is 0.507. The van der Waals surface area contributed by atoms with Crippen molar-refractivity contribution in [3.8, 4) is 5.75 Å². The van der Waals surface area contributed by atoms with Crippen LogP contribution in [0.4, 0.5) is 10.5 Å². The quantitative estimate of drug-likeness (QED) is 0.883. The van der Waals surface area contributed by atoms with Crippen molar-refractivity contribution in [2.45, 2.75) is 13.0 Å². The van der Waals surface area contributed by atoms with Crippen LogP contribution in [0.5, 0.6) is 5.75 Å². The summed E-state index contributed by atoms with van der Waals surface area (Å²) >= 11 is 0. The highest BCUT2D eigenvalue weighted by Gasteiger charge is 2.20. The molecule has 5 nitrogen and oxygen atoms in total. The standard InChI is InChI=1S/C14H15N3O2/c15-14(18)19-12-3-4-13-10(8-12)5-7-17(13)9-11-2-1-6-16-11/h1-4,6,8,16H,5,7,9H2,(H2,15,18). The van der Waals surface area contributed by atoms with E-state index in [4.69, 9.17) is 10.5 Å². The zero-order chi connectivity index (χ0) is 13.2. The van der Waals surface area contributed by atoms with Crippen molar-refractivity contribution in [3.05, 3.63) is 47.8 Å². The molecule has 98 valence electrons. The van der Waals surface area contributed by atoms with Crippen LogP contribution in [-0.2, 0) is 13.0 Å². The van der Waals surface area contributed by atoms with E-state index < -0.39 is 6.09 Å². The van der Waals surface area contributed by atoms with Gasteiger partial charge in [-0.1, -0.05) is 0 Å².